The second-order valence-corrected chi connectivity index (χ2v) is 7.62. The van der Waals surface area contributed by atoms with Crippen molar-refractivity contribution in [3.63, 3.8) is 0 Å². The molecule has 0 N–H and O–H groups in total. The Morgan fingerprint density at radius 3 is 2.65 bits per heavy atom. The molecule has 1 aromatic rings. The van der Waals surface area contributed by atoms with E-state index >= 15 is 0 Å². The van der Waals surface area contributed by atoms with Gasteiger partial charge in [-0.05, 0) is 37.3 Å². The van der Waals surface area contributed by atoms with Crippen LogP contribution in [0.25, 0.3) is 0 Å². The van der Waals surface area contributed by atoms with Crippen molar-refractivity contribution in [3.8, 4) is 0 Å². The molecule has 2 nitrogen and oxygen atoms in total. The van der Waals surface area contributed by atoms with Crippen LogP contribution in [0.5, 0.6) is 0 Å². The zero-order valence-corrected chi connectivity index (χ0v) is 11.7. The molecule has 1 saturated heterocycles. The molecule has 1 fully saturated rings. The van der Waals surface area contributed by atoms with Gasteiger partial charge in [0, 0.05) is 0 Å². The number of hydrogen-bond donors (Lipinski definition) is 0. The van der Waals surface area contributed by atoms with Crippen molar-refractivity contribution in [1.82, 2.24) is 0 Å². The highest BCUT2D eigenvalue weighted by molar-refractivity contribution is 7.91. The van der Waals surface area contributed by atoms with Crippen molar-refractivity contribution in [2.75, 3.05) is 11.5 Å². The van der Waals surface area contributed by atoms with Crippen molar-refractivity contribution < 1.29 is 8.42 Å². The van der Waals surface area contributed by atoms with Crippen LogP contribution in [0.3, 0.4) is 0 Å². The Bertz CT molecular complexity index is 522. The summed E-state index contributed by atoms with van der Waals surface area (Å²) < 4.78 is 22.9. The fraction of sp³-hybridized carbons (Fsp3) is 0.538. The standard InChI is InChI=1S/C13H17ClO2S/c1-9-3-4-10(2)12(7-9)13(14)11-5-6-17(15,16)8-11/h3-4,7,11,13H,5-6,8H2,1-2H3. The normalized spacial score (nSPS) is 24.8. The first-order valence-electron chi connectivity index (χ1n) is 5.81. The minimum absolute atomic E-state index is 0.0576. The Morgan fingerprint density at radius 1 is 1.35 bits per heavy atom. The zero-order valence-electron chi connectivity index (χ0n) is 10.1. The third-order valence-electron chi connectivity index (χ3n) is 3.41. The van der Waals surface area contributed by atoms with Gasteiger partial charge in [-0.25, -0.2) is 8.42 Å². The molecule has 1 heterocycles. The summed E-state index contributed by atoms with van der Waals surface area (Å²) in [4.78, 5) is 0. The van der Waals surface area contributed by atoms with Crippen molar-refractivity contribution >= 4 is 21.4 Å². The Morgan fingerprint density at radius 2 is 2.06 bits per heavy atom. The molecule has 1 aliphatic rings. The van der Waals surface area contributed by atoms with Gasteiger partial charge in [0.05, 0.1) is 16.9 Å². The lowest BCUT2D eigenvalue weighted by molar-refractivity contribution is 0.567. The van der Waals surface area contributed by atoms with Gasteiger partial charge in [0.25, 0.3) is 0 Å². The maximum absolute atomic E-state index is 11.5. The lowest BCUT2D eigenvalue weighted by Gasteiger charge is -2.18. The van der Waals surface area contributed by atoms with Crippen molar-refractivity contribution in [3.05, 3.63) is 34.9 Å². The average Bonchev–Trinajstić information content (AvgIpc) is 2.61. The molecular weight excluding hydrogens is 256 g/mol. The Labute approximate surface area is 108 Å². The number of benzene rings is 1. The summed E-state index contributed by atoms with van der Waals surface area (Å²) in [5.74, 6) is 0.572. The maximum atomic E-state index is 11.5. The van der Waals surface area contributed by atoms with Crippen LogP contribution in [0, 0.1) is 19.8 Å². The number of hydrogen-bond acceptors (Lipinski definition) is 2. The fourth-order valence-electron chi connectivity index (χ4n) is 2.37. The summed E-state index contributed by atoms with van der Waals surface area (Å²) in [5.41, 5.74) is 3.38. The molecule has 2 unspecified atom stereocenters. The summed E-state index contributed by atoms with van der Waals surface area (Å²) in [6.45, 7) is 4.05. The van der Waals surface area contributed by atoms with E-state index in [1.807, 2.05) is 26.0 Å². The molecule has 0 bridgehead atoms. The number of aryl methyl sites for hydroxylation is 2. The summed E-state index contributed by atoms with van der Waals surface area (Å²) >= 11 is 6.45. The lowest BCUT2D eigenvalue weighted by atomic mass is 9.94. The first-order valence-corrected chi connectivity index (χ1v) is 8.06. The maximum Gasteiger partial charge on any atom is 0.150 e. The molecule has 2 atom stereocenters. The third-order valence-corrected chi connectivity index (χ3v) is 5.80. The van der Waals surface area contributed by atoms with Crippen LogP contribution in [0.2, 0.25) is 0 Å². The van der Waals surface area contributed by atoms with E-state index < -0.39 is 9.84 Å². The predicted octanol–water partition coefficient (Wildman–Crippen LogP) is 3.02. The minimum atomic E-state index is -2.86. The Balaban J connectivity index is 2.26. The van der Waals surface area contributed by atoms with Crippen molar-refractivity contribution in [2.24, 2.45) is 5.92 Å². The van der Waals surface area contributed by atoms with E-state index in [0.717, 1.165) is 16.7 Å². The number of halogens is 1. The van der Waals surface area contributed by atoms with Crippen LogP contribution in [0.15, 0.2) is 18.2 Å². The highest BCUT2D eigenvalue weighted by Crippen LogP contribution is 2.37. The van der Waals surface area contributed by atoms with E-state index in [9.17, 15) is 8.42 Å². The minimum Gasteiger partial charge on any atom is -0.229 e. The summed E-state index contributed by atoms with van der Waals surface area (Å²) in [6, 6.07) is 6.16. The molecule has 1 aromatic carbocycles. The number of sulfone groups is 1. The Hall–Kier alpha value is -0.540. The molecule has 1 aliphatic heterocycles. The van der Waals surface area contributed by atoms with E-state index in [-0.39, 0.29) is 22.8 Å². The first-order chi connectivity index (χ1) is 7.89. The van der Waals surface area contributed by atoms with Crippen LogP contribution in [0.4, 0.5) is 0 Å². The molecule has 94 valence electrons. The molecule has 4 heteroatoms. The lowest BCUT2D eigenvalue weighted by Crippen LogP contribution is -2.11. The van der Waals surface area contributed by atoms with Gasteiger partial charge in [0.1, 0.15) is 0 Å². The van der Waals surface area contributed by atoms with Gasteiger partial charge < -0.3 is 0 Å². The molecule has 2 rings (SSSR count). The quantitative estimate of drug-likeness (QED) is 0.776. The van der Waals surface area contributed by atoms with E-state index in [4.69, 9.17) is 11.6 Å². The smallest absolute Gasteiger partial charge is 0.150 e. The van der Waals surface area contributed by atoms with E-state index in [2.05, 4.69) is 6.07 Å². The monoisotopic (exact) mass is 272 g/mol. The molecular formula is C13H17ClO2S. The van der Waals surface area contributed by atoms with Gasteiger partial charge in [0.15, 0.2) is 9.84 Å². The van der Waals surface area contributed by atoms with E-state index in [1.165, 1.54) is 0 Å². The Kier molecular flexibility index (Phi) is 3.50. The third kappa shape index (κ3) is 2.83. The first kappa shape index (κ1) is 12.9. The van der Waals surface area contributed by atoms with E-state index in [1.54, 1.807) is 0 Å². The van der Waals surface area contributed by atoms with Gasteiger partial charge >= 0.3 is 0 Å². The molecule has 17 heavy (non-hydrogen) atoms. The second kappa shape index (κ2) is 4.62. The molecule has 0 spiro atoms. The van der Waals surface area contributed by atoms with Gasteiger partial charge in [-0.1, -0.05) is 23.8 Å². The summed E-state index contributed by atoms with van der Waals surface area (Å²) in [7, 11) is -2.86. The summed E-state index contributed by atoms with van der Waals surface area (Å²) in [5, 5.41) is -0.188. The van der Waals surface area contributed by atoms with Gasteiger partial charge in [-0.15, -0.1) is 11.6 Å². The molecule has 0 radical (unpaired) electrons. The van der Waals surface area contributed by atoms with Crippen LogP contribution >= 0.6 is 11.6 Å². The number of rotatable bonds is 2. The van der Waals surface area contributed by atoms with Gasteiger partial charge in [-0.3, -0.25) is 0 Å². The van der Waals surface area contributed by atoms with Gasteiger partial charge in [-0.2, -0.15) is 0 Å². The average molecular weight is 273 g/mol. The van der Waals surface area contributed by atoms with Crippen molar-refractivity contribution in [1.29, 1.82) is 0 Å². The second-order valence-electron chi connectivity index (χ2n) is 4.92. The highest BCUT2D eigenvalue weighted by Gasteiger charge is 2.33. The van der Waals surface area contributed by atoms with Crippen LogP contribution < -0.4 is 0 Å². The van der Waals surface area contributed by atoms with Crippen molar-refractivity contribution in [2.45, 2.75) is 25.6 Å². The highest BCUT2D eigenvalue weighted by atomic mass is 35.5. The molecule has 0 aromatic heterocycles. The zero-order chi connectivity index (χ0) is 12.6. The molecule has 0 saturated carbocycles. The SMILES string of the molecule is Cc1ccc(C)c(C(Cl)C2CCS(=O)(=O)C2)c1. The van der Waals surface area contributed by atoms with E-state index in [0.29, 0.717) is 6.42 Å². The fourth-order valence-corrected chi connectivity index (χ4v) is 4.76. The molecule has 0 aliphatic carbocycles. The van der Waals surface area contributed by atoms with Crippen LogP contribution in [-0.2, 0) is 9.84 Å². The largest absolute Gasteiger partial charge is 0.229 e. The van der Waals surface area contributed by atoms with Crippen LogP contribution in [-0.4, -0.2) is 19.9 Å². The molecule has 0 amide bonds. The topological polar surface area (TPSA) is 34.1 Å². The van der Waals surface area contributed by atoms with Crippen LogP contribution in [0.1, 0.15) is 28.5 Å². The summed E-state index contributed by atoms with van der Waals surface area (Å²) in [6.07, 6.45) is 0.684. The predicted molar refractivity (Wildman–Crippen MR) is 71.3 cm³/mol. The number of alkyl halides is 1. The van der Waals surface area contributed by atoms with Gasteiger partial charge in [0.2, 0.25) is 0 Å².